The molecule has 4 heterocycles. The van der Waals surface area contributed by atoms with Crippen LogP contribution in [0.2, 0.25) is 0 Å². The fraction of sp³-hybridized carbons (Fsp3) is 0.0172. The Morgan fingerprint density at radius 2 is 0.434 bits per heavy atom. The summed E-state index contributed by atoms with van der Waals surface area (Å²) < 4.78 is 5.09. The number of fused-ring (bicyclic) bond motifs is 14. The van der Waals surface area contributed by atoms with E-state index < -0.39 is 32.3 Å². The average Bonchev–Trinajstić information content (AvgIpc) is 1.11. The lowest BCUT2D eigenvalue weighted by Gasteiger charge is -2.45. The van der Waals surface area contributed by atoms with Crippen LogP contribution < -0.4 is 83.0 Å². The topological polar surface area (TPSA) is 9.86 Å². The zero-order chi connectivity index (χ0) is 80.8. The van der Waals surface area contributed by atoms with Crippen molar-refractivity contribution >= 4 is 159 Å². The minimum atomic E-state index is -3.17. The van der Waals surface area contributed by atoms with E-state index in [1.807, 2.05) is 0 Å². The Morgan fingerprint density at radius 3 is 0.828 bits per heavy atom. The fourth-order valence-corrected chi connectivity index (χ4v) is 42.3. The van der Waals surface area contributed by atoms with Gasteiger partial charge in [0.05, 0.1) is 22.1 Å². The number of para-hydroxylation sites is 3. The first kappa shape index (κ1) is 72.8. The van der Waals surface area contributed by atoms with Crippen LogP contribution in [0.25, 0.3) is 77.2 Å². The maximum Gasteiger partial charge on any atom is 0.180 e. The van der Waals surface area contributed by atoms with E-state index in [0.29, 0.717) is 0 Å². The summed E-state index contributed by atoms with van der Waals surface area (Å²) in [4.78, 5) is 0. The Hall–Kier alpha value is -14.4. The van der Waals surface area contributed by atoms with Crippen molar-refractivity contribution in [2.24, 2.45) is 0 Å². The van der Waals surface area contributed by atoms with Crippen LogP contribution in [0.15, 0.2) is 485 Å². The van der Waals surface area contributed by atoms with Crippen LogP contribution in [0.5, 0.6) is 0 Å². The van der Waals surface area contributed by atoms with E-state index in [1.165, 1.54) is 171 Å². The number of hydrogen-bond acceptors (Lipinski definition) is 0. The summed E-state index contributed by atoms with van der Waals surface area (Å²) in [7, 11) is -12.2. The number of aromatic nitrogens is 2. The van der Waals surface area contributed by atoms with E-state index in [-0.39, 0.29) is 0 Å². The standard InChI is InChI=1S/C116H84N2Si4/c1-9-40-93(41-10-1)119(94-42-11-2-12-43-94,95-44-13-3-14-45-95)102-57-36-58-103(82-102)121(99-52-21-7-22-53-99,100-54-23-8-24-55-100)101-56-35-39-83(77-101)84-68-71-115-89(73-84)75-87-37-25-33-65-113(87)122(115)114-66-34-26-38-88(114)76-90-74-85(69-72-116(90)122)86-67-70-112-108(78-86)107-61-29-32-64-111(107)118(112)92-79-91(117-109-62-30-27-59-105(109)106-60-28-31-63-110(106)117)80-104(81-92)120(96-46-15-4-16-47-96,97-48-17-5-18-49-97)98-50-19-6-20-51-98/h1-74,77-82H,75-76H2. The smallest absolute Gasteiger partial charge is 0.180 e. The Morgan fingerprint density at radius 1 is 0.164 bits per heavy atom. The van der Waals surface area contributed by atoms with Gasteiger partial charge in [0.15, 0.2) is 32.3 Å². The van der Waals surface area contributed by atoms with E-state index in [9.17, 15) is 0 Å². The lowest BCUT2D eigenvalue weighted by molar-refractivity contribution is 1.14. The van der Waals surface area contributed by atoms with Gasteiger partial charge in [0.25, 0.3) is 0 Å². The van der Waals surface area contributed by atoms with Gasteiger partial charge in [-0.1, -0.05) is 437 Å². The van der Waals surface area contributed by atoms with Crippen LogP contribution in [-0.2, 0) is 12.8 Å². The van der Waals surface area contributed by atoms with Gasteiger partial charge in [-0.15, -0.1) is 0 Å². The Labute approximate surface area is 716 Å². The molecular weight excluding hydrogens is 1530 g/mol. The van der Waals surface area contributed by atoms with Gasteiger partial charge >= 0.3 is 0 Å². The van der Waals surface area contributed by atoms with Gasteiger partial charge in [0, 0.05) is 32.9 Å². The molecular formula is C116H84N2Si4. The SMILES string of the molecule is c1ccc([Si](c2ccccc2)(c2ccccc2)c2cc(-n3c4ccccc4c4ccccc43)cc(-n3c4ccccc4c4cc(-c5ccc6c(c5)Cc5ccccc5[Si]65c6ccccc6Cc6cc(-c7cccc([Si](c8ccccc8)(c8ccccc8)c8cccc([Si](c9ccccc9)(c9ccccc9)c9ccccc9)c8)c7)ccc65)ccc43)c2)cc1. The molecule has 0 N–H and O–H groups in total. The van der Waals surface area contributed by atoms with Crippen molar-refractivity contribution in [3.8, 4) is 33.6 Å². The van der Waals surface area contributed by atoms with E-state index in [4.69, 9.17) is 0 Å². The molecule has 2 aliphatic heterocycles. The lowest BCUT2D eigenvalue weighted by Crippen LogP contribution is -2.79. The van der Waals surface area contributed by atoms with Crippen LogP contribution in [-0.4, -0.2) is 41.4 Å². The quantitative estimate of drug-likeness (QED) is 0.0674. The highest BCUT2D eigenvalue weighted by Gasteiger charge is 2.52. The average molecular weight is 1620 g/mol. The zero-order valence-corrected chi connectivity index (χ0v) is 71.5. The Kier molecular flexibility index (Phi) is 17.8. The molecule has 0 saturated carbocycles. The third kappa shape index (κ3) is 11.3. The normalized spacial score (nSPS) is 13.7. The van der Waals surface area contributed by atoms with Gasteiger partial charge in [-0.05, 0) is 189 Å². The molecule has 23 rings (SSSR count). The minimum absolute atomic E-state index is 0.855. The van der Waals surface area contributed by atoms with Crippen molar-refractivity contribution < 1.29 is 0 Å². The summed E-state index contributed by atoms with van der Waals surface area (Å²) in [5.74, 6) is 0. The maximum atomic E-state index is 2.65. The van der Waals surface area contributed by atoms with Crippen LogP contribution in [0.3, 0.4) is 0 Å². The number of benzene rings is 19. The molecule has 2 nitrogen and oxygen atoms in total. The van der Waals surface area contributed by atoms with Crippen LogP contribution in [0.4, 0.5) is 0 Å². The molecule has 2 aromatic heterocycles. The van der Waals surface area contributed by atoms with Gasteiger partial charge in [0.1, 0.15) is 0 Å². The first-order valence-corrected chi connectivity index (χ1v) is 50.8. The van der Waals surface area contributed by atoms with Gasteiger partial charge in [-0.2, -0.15) is 0 Å². The van der Waals surface area contributed by atoms with E-state index >= 15 is 0 Å². The molecule has 2 aliphatic rings. The van der Waals surface area contributed by atoms with Gasteiger partial charge in [-0.25, -0.2) is 0 Å². The Balaban J connectivity index is 0.675. The molecule has 0 fully saturated rings. The first-order valence-electron chi connectivity index (χ1n) is 42.8. The fourth-order valence-electron chi connectivity index (χ4n) is 22.1. The molecule has 0 saturated heterocycles. The summed E-state index contributed by atoms with van der Waals surface area (Å²) in [5, 5.41) is 27.1. The Bertz CT molecular complexity index is 7260. The highest BCUT2D eigenvalue weighted by atomic mass is 28.3. The summed E-state index contributed by atoms with van der Waals surface area (Å²) in [5.41, 5.74) is 17.5. The number of rotatable bonds is 16. The van der Waals surface area contributed by atoms with Gasteiger partial charge in [-0.3, -0.25) is 0 Å². The zero-order valence-electron chi connectivity index (χ0n) is 67.5. The molecule has 0 amide bonds. The molecule has 6 heteroatoms. The van der Waals surface area contributed by atoms with Crippen molar-refractivity contribution in [1.82, 2.24) is 9.13 Å². The maximum absolute atomic E-state index is 3.17. The second-order valence-electron chi connectivity index (χ2n) is 33.2. The van der Waals surface area contributed by atoms with Crippen molar-refractivity contribution in [1.29, 1.82) is 0 Å². The number of nitrogens with zero attached hydrogens (tertiary/aromatic N) is 2. The lowest BCUT2D eigenvalue weighted by atomic mass is 9.97. The van der Waals surface area contributed by atoms with E-state index in [1.54, 1.807) is 0 Å². The van der Waals surface area contributed by atoms with Crippen LogP contribution in [0, 0.1) is 0 Å². The summed E-state index contributed by atoms with van der Waals surface area (Å²) in [6.07, 6.45) is 1.71. The molecule has 19 aromatic carbocycles. The third-order valence-corrected chi connectivity index (χ3v) is 46.5. The molecule has 0 radical (unpaired) electrons. The molecule has 574 valence electrons. The predicted octanol–water partition coefficient (Wildman–Crippen LogP) is 16.5. The van der Waals surface area contributed by atoms with Gasteiger partial charge < -0.3 is 9.13 Å². The van der Waals surface area contributed by atoms with Crippen LogP contribution >= 0.6 is 0 Å². The molecule has 1 spiro atoms. The van der Waals surface area contributed by atoms with Gasteiger partial charge in [0.2, 0.25) is 0 Å². The monoisotopic (exact) mass is 1620 g/mol. The third-order valence-electron chi connectivity index (χ3n) is 27.1. The molecule has 1 atom stereocenters. The van der Waals surface area contributed by atoms with E-state index in [0.717, 1.165) is 24.2 Å². The molecule has 21 aromatic rings. The predicted molar refractivity (Wildman–Crippen MR) is 526 cm³/mol. The second-order valence-corrected chi connectivity index (χ2v) is 48.3. The highest BCUT2D eigenvalue weighted by molar-refractivity contribution is 7.23. The minimum Gasteiger partial charge on any atom is -0.309 e. The summed E-state index contributed by atoms with van der Waals surface area (Å²) >= 11 is 0. The van der Waals surface area contributed by atoms with Crippen molar-refractivity contribution in [2.45, 2.75) is 12.8 Å². The highest BCUT2D eigenvalue weighted by Crippen LogP contribution is 2.40. The number of hydrogen-bond donors (Lipinski definition) is 0. The second kappa shape index (κ2) is 29.9. The van der Waals surface area contributed by atoms with Crippen molar-refractivity contribution in [2.75, 3.05) is 0 Å². The van der Waals surface area contributed by atoms with Crippen LogP contribution in [0.1, 0.15) is 22.3 Å². The van der Waals surface area contributed by atoms with E-state index in [2.05, 4.69) is 494 Å². The molecule has 0 bridgehead atoms. The molecule has 122 heavy (non-hydrogen) atoms. The molecule has 1 unspecified atom stereocenters. The van der Waals surface area contributed by atoms with Crippen molar-refractivity contribution in [3.05, 3.63) is 508 Å². The summed E-state index contributed by atoms with van der Waals surface area (Å²) in [6, 6.07) is 187. The largest absolute Gasteiger partial charge is 0.309 e. The van der Waals surface area contributed by atoms with Crippen molar-refractivity contribution in [3.63, 3.8) is 0 Å². The first-order chi connectivity index (χ1) is 60.5. The summed E-state index contributed by atoms with van der Waals surface area (Å²) in [6.45, 7) is 0. The molecule has 0 aliphatic carbocycles.